The molecule has 1 aromatic heterocycles. The minimum absolute atomic E-state index is 0.0354. The molecule has 3 aliphatic rings. The predicted molar refractivity (Wildman–Crippen MR) is 141 cm³/mol. The molecule has 2 fully saturated rings. The van der Waals surface area contributed by atoms with Crippen molar-refractivity contribution in [2.24, 2.45) is 5.92 Å². The van der Waals surface area contributed by atoms with Gasteiger partial charge >= 0.3 is 0 Å². The zero-order valence-electron chi connectivity index (χ0n) is 20.5. The van der Waals surface area contributed by atoms with E-state index in [2.05, 4.69) is 20.9 Å². The van der Waals surface area contributed by atoms with Gasteiger partial charge in [-0.1, -0.05) is 70.0 Å². The number of benzene rings is 2. The van der Waals surface area contributed by atoms with Gasteiger partial charge in [0.2, 0.25) is 5.88 Å². The van der Waals surface area contributed by atoms with Crippen molar-refractivity contribution in [3.63, 3.8) is 0 Å². The molecule has 5 atom stereocenters. The molecule has 2 aromatic carbocycles. The van der Waals surface area contributed by atoms with Gasteiger partial charge in [-0.05, 0) is 23.3 Å². The SMILES string of the molecule is COc1nc(Cl)cc2c1C1(O)C(O)C(CN3CCC(F)(F)C3)C(c3ccccc3)C1(c1ccc(Br)cc1)O2. The van der Waals surface area contributed by atoms with Crippen LogP contribution in [0.5, 0.6) is 11.6 Å². The summed E-state index contributed by atoms with van der Waals surface area (Å²) in [6.45, 7) is -0.0718. The number of halogens is 4. The van der Waals surface area contributed by atoms with Gasteiger partial charge in [0, 0.05) is 41.9 Å². The molecular weight excluding hydrogens is 582 g/mol. The van der Waals surface area contributed by atoms with Crippen LogP contribution >= 0.6 is 27.5 Å². The van der Waals surface area contributed by atoms with Crippen LogP contribution in [-0.2, 0) is 11.2 Å². The molecule has 0 bridgehead atoms. The Morgan fingerprint density at radius 2 is 1.89 bits per heavy atom. The Kier molecular flexibility index (Phi) is 6.23. The second kappa shape index (κ2) is 9.13. The Hall–Kier alpha value is -2.30. The highest BCUT2D eigenvalue weighted by Gasteiger charge is 2.77. The Labute approximate surface area is 232 Å². The molecule has 6 nitrogen and oxygen atoms in total. The zero-order valence-corrected chi connectivity index (χ0v) is 22.8. The molecule has 3 heterocycles. The molecule has 10 heteroatoms. The van der Waals surface area contributed by atoms with Crippen LogP contribution in [0.25, 0.3) is 0 Å². The van der Waals surface area contributed by atoms with Crippen molar-refractivity contribution in [2.45, 2.75) is 35.6 Å². The summed E-state index contributed by atoms with van der Waals surface area (Å²) in [7, 11) is 1.40. The van der Waals surface area contributed by atoms with Crippen LogP contribution < -0.4 is 9.47 Å². The third kappa shape index (κ3) is 3.70. The van der Waals surface area contributed by atoms with E-state index in [1.807, 2.05) is 54.6 Å². The molecular formula is C28H26BrClF2N2O4. The summed E-state index contributed by atoms with van der Waals surface area (Å²) in [6.07, 6.45) is -1.66. The fourth-order valence-corrected chi connectivity index (χ4v) is 7.15. The van der Waals surface area contributed by atoms with E-state index in [0.717, 1.165) is 10.0 Å². The van der Waals surface area contributed by atoms with E-state index < -0.39 is 41.6 Å². The zero-order chi connectivity index (χ0) is 26.9. The minimum atomic E-state index is -2.80. The number of fused-ring (bicyclic) bond motifs is 3. The van der Waals surface area contributed by atoms with E-state index in [0.29, 0.717) is 5.56 Å². The van der Waals surface area contributed by atoms with Crippen LogP contribution in [0, 0.1) is 5.92 Å². The Morgan fingerprint density at radius 1 is 1.18 bits per heavy atom. The van der Waals surface area contributed by atoms with Crippen LogP contribution in [-0.4, -0.2) is 58.9 Å². The van der Waals surface area contributed by atoms with Crippen LogP contribution in [0.1, 0.15) is 29.0 Å². The lowest BCUT2D eigenvalue weighted by atomic mass is 9.71. The number of ether oxygens (including phenoxy) is 2. The van der Waals surface area contributed by atoms with Crippen LogP contribution in [0.15, 0.2) is 65.1 Å². The molecule has 200 valence electrons. The molecule has 1 saturated carbocycles. The molecule has 0 spiro atoms. The average molecular weight is 608 g/mol. The molecule has 38 heavy (non-hydrogen) atoms. The molecule has 2 N–H and O–H groups in total. The van der Waals surface area contributed by atoms with Crippen LogP contribution in [0.2, 0.25) is 5.15 Å². The summed E-state index contributed by atoms with van der Waals surface area (Å²) in [5, 5.41) is 25.0. The highest BCUT2D eigenvalue weighted by atomic mass is 79.9. The maximum absolute atomic E-state index is 14.2. The van der Waals surface area contributed by atoms with E-state index in [9.17, 15) is 19.0 Å². The number of methoxy groups -OCH3 is 1. The normalized spacial score (nSPS) is 31.6. The average Bonchev–Trinajstić information content (AvgIpc) is 3.43. The Balaban J connectivity index is 1.61. The van der Waals surface area contributed by atoms with Crippen molar-refractivity contribution in [3.8, 4) is 11.6 Å². The van der Waals surface area contributed by atoms with Gasteiger partial charge in [-0.3, -0.25) is 4.90 Å². The van der Waals surface area contributed by atoms with Crippen molar-refractivity contribution < 1.29 is 28.5 Å². The molecule has 5 unspecified atom stereocenters. The number of aliphatic hydroxyl groups excluding tert-OH is 1. The second-order valence-corrected chi connectivity index (χ2v) is 11.6. The number of alkyl halides is 2. The highest BCUT2D eigenvalue weighted by Crippen LogP contribution is 2.70. The van der Waals surface area contributed by atoms with Crippen LogP contribution in [0.4, 0.5) is 8.78 Å². The van der Waals surface area contributed by atoms with E-state index >= 15 is 0 Å². The molecule has 3 aromatic rings. The largest absolute Gasteiger partial charge is 0.481 e. The van der Waals surface area contributed by atoms with Crippen molar-refractivity contribution >= 4 is 27.5 Å². The number of aliphatic hydroxyl groups is 2. The quantitative estimate of drug-likeness (QED) is 0.394. The van der Waals surface area contributed by atoms with Gasteiger partial charge in [0.1, 0.15) is 10.9 Å². The Morgan fingerprint density at radius 3 is 2.53 bits per heavy atom. The fourth-order valence-electron chi connectivity index (χ4n) is 6.71. The van der Waals surface area contributed by atoms with Gasteiger partial charge in [-0.15, -0.1) is 0 Å². The summed E-state index contributed by atoms with van der Waals surface area (Å²) in [6, 6.07) is 18.3. The topological polar surface area (TPSA) is 75.0 Å². The number of nitrogens with zero attached hydrogens (tertiary/aromatic N) is 2. The first-order valence-electron chi connectivity index (χ1n) is 12.4. The number of hydrogen-bond donors (Lipinski definition) is 2. The summed E-state index contributed by atoms with van der Waals surface area (Å²) in [5.74, 6) is -3.82. The van der Waals surface area contributed by atoms with Crippen LogP contribution in [0.3, 0.4) is 0 Å². The highest BCUT2D eigenvalue weighted by molar-refractivity contribution is 9.10. The predicted octanol–water partition coefficient (Wildman–Crippen LogP) is 5.10. The summed E-state index contributed by atoms with van der Waals surface area (Å²) in [4.78, 5) is 5.92. The number of aromatic nitrogens is 1. The third-order valence-electron chi connectivity index (χ3n) is 8.18. The van der Waals surface area contributed by atoms with E-state index in [4.69, 9.17) is 21.1 Å². The van der Waals surface area contributed by atoms with E-state index in [-0.39, 0.29) is 41.9 Å². The lowest BCUT2D eigenvalue weighted by Crippen LogP contribution is -2.52. The fraction of sp³-hybridized carbons (Fsp3) is 0.393. The van der Waals surface area contributed by atoms with Gasteiger partial charge in [-0.2, -0.15) is 0 Å². The lowest BCUT2D eigenvalue weighted by Gasteiger charge is -2.41. The van der Waals surface area contributed by atoms with Crippen molar-refractivity contribution in [2.75, 3.05) is 26.7 Å². The molecule has 0 amide bonds. The maximum atomic E-state index is 14.2. The standard InChI is InChI=1S/C28H26BrClF2N2O4/c1-37-25-23-20(13-21(30)33-25)38-28(17-7-9-18(29)10-8-17)22(16-5-3-2-4-6-16)19(24(35)27(23,28)36)14-34-12-11-26(31,32)15-34/h2-10,13,19,22,24,35-36H,11-12,14-15H2,1H3. The monoisotopic (exact) mass is 606 g/mol. The molecule has 2 aliphatic heterocycles. The Bertz CT molecular complexity index is 1360. The second-order valence-electron chi connectivity index (χ2n) is 10.3. The first-order valence-corrected chi connectivity index (χ1v) is 13.5. The van der Waals surface area contributed by atoms with E-state index in [1.165, 1.54) is 13.2 Å². The smallest absolute Gasteiger partial charge is 0.261 e. The summed E-state index contributed by atoms with van der Waals surface area (Å²) >= 11 is 9.75. The van der Waals surface area contributed by atoms with Crippen molar-refractivity contribution in [1.82, 2.24) is 9.88 Å². The molecule has 6 rings (SSSR count). The number of pyridine rings is 1. The van der Waals surface area contributed by atoms with Gasteiger partial charge in [0.05, 0.1) is 25.3 Å². The first-order chi connectivity index (χ1) is 18.1. The lowest BCUT2D eigenvalue weighted by molar-refractivity contribution is -0.152. The molecule has 1 aliphatic carbocycles. The number of likely N-dealkylation sites (tertiary alicyclic amines) is 1. The van der Waals surface area contributed by atoms with Gasteiger partial charge in [0.25, 0.3) is 5.92 Å². The third-order valence-corrected chi connectivity index (χ3v) is 8.90. The number of hydrogen-bond acceptors (Lipinski definition) is 6. The molecule has 0 radical (unpaired) electrons. The van der Waals surface area contributed by atoms with Crippen molar-refractivity contribution in [3.05, 3.63) is 87.0 Å². The van der Waals surface area contributed by atoms with E-state index in [1.54, 1.807) is 4.90 Å². The summed E-state index contributed by atoms with van der Waals surface area (Å²) < 4.78 is 41.5. The maximum Gasteiger partial charge on any atom is 0.261 e. The van der Waals surface area contributed by atoms with Gasteiger partial charge < -0.3 is 19.7 Å². The molecule has 1 saturated heterocycles. The van der Waals surface area contributed by atoms with Gasteiger partial charge in [-0.25, -0.2) is 13.8 Å². The van der Waals surface area contributed by atoms with Crippen molar-refractivity contribution in [1.29, 1.82) is 0 Å². The number of rotatable bonds is 5. The summed E-state index contributed by atoms with van der Waals surface area (Å²) in [5.41, 5.74) is -1.97. The first kappa shape index (κ1) is 26.0. The van der Waals surface area contributed by atoms with Gasteiger partial charge in [0.15, 0.2) is 11.2 Å². The minimum Gasteiger partial charge on any atom is -0.481 e.